The zero-order chi connectivity index (χ0) is 8.27. The number of likely N-dealkylation sites (N-methyl/N-ethyl adjacent to an activating group) is 1. The van der Waals surface area contributed by atoms with Gasteiger partial charge in [-0.25, -0.2) is 0 Å². The zero-order valence-electron chi connectivity index (χ0n) is 7.30. The van der Waals surface area contributed by atoms with Crippen LogP contribution in [0.4, 0.5) is 0 Å². The van der Waals surface area contributed by atoms with E-state index in [1.54, 1.807) is 0 Å². The van der Waals surface area contributed by atoms with Crippen LogP contribution >= 0.6 is 0 Å². The summed E-state index contributed by atoms with van der Waals surface area (Å²) < 4.78 is 0. The maximum atomic E-state index is 3.88. The smallest absolute Gasteiger partial charge is 0.0361 e. The van der Waals surface area contributed by atoms with Gasteiger partial charge >= 0.3 is 0 Å². The van der Waals surface area contributed by atoms with E-state index < -0.39 is 0 Å². The molecular formula is C10H15N. The molecule has 0 bridgehead atoms. The maximum Gasteiger partial charge on any atom is 0.0361 e. The van der Waals surface area contributed by atoms with E-state index in [0.717, 1.165) is 12.1 Å². The van der Waals surface area contributed by atoms with Crippen LogP contribution in [0.2, 0.25) is 0 Å². The lowest BCUT2D eigenvalue weighted by molar-refractivity contribution is 0.534. The molecular weight excluding hydrogens is 134 g/mol. The Bertz CT molecular complexity index is 211. The molecule has 0 amide bonds. The summed E-state index contributed by atoms with van der Waals surface area (Å²) in [6.45, 7) is 5.90. The molecule has 1 nitrogen and oxygen atoms in total. The van der Waals surface area contributed by atoms with Crippen molar-refractivity contribution >= 4 is 0 Å². The van der Waals surface area contributed by atoms with Crippen LogP contribution in [-0.2, 0) is 0 Å². The second-order valence-electron chi connectivity index (χ2n) is 2.90. The predicted octanol–water partition coefficient (Wildman–Crippen LogP) is 2.69. The van der Waals surface area contributed by atoms with E-state index in [4.69, 9.17) is 0 Å². The Morgan fingerprint density at radius 3 is 2.73 bits per heavy atom. The Hall–Kier alpha value is -0.980. The first kappa shape index (κ1) is 8.12. The van der Waals surface area contributed by atoms with E-state index in [1.165, 1.54) is 12.1 Å². The molecule has 0 spiro atoms. The minimum atomic E-state index is 1.09. The quantitative estimate of drug-likeness (QED) is 0.583. The van der Waals surface area contributed by atoms with Crippen molar-refractivity contribution in [3.8, 4) is 0 Å². The predicted molar refractivity (Wildman–Crippen MR) is 49.0 cm³/mol. The van der Waals surface area contributed by atoms with E-state index >= 15 is 0 Å². The van der Waals surface area contributed by atoms with Crippen LogP contribution in [0.5, 0.6) is 0 Å². The molecule has 11 heavy (non-hydrogen) atoms. The van der Waals surface area contributed by atoms with E-state index in [9.17, 15) is 0 Å². The fraction of sp³-hybridized carbons (Fsp3) is 0.400. The molecule has 0 radical (unpaired) electrons. The lowest BCUT2D eigenvalue weighted by atomic mass is 10.1. The molecule has 0 atom stereocenters. The third-order valence-electron chi connectivity index (χ3n) is 1.94. The summed E-state index contributed by atoms with van der Waals surface area (Å²) in [6, 6.07) is 0. The fourth-order valence-corrected chi connectivity index (χ4v) is 1.07. The number of allylic oxidation sites excluding steroid dienone is 4. The van der Waals surface area contributed by atoms with E-state index in [-0.39, 0.29) is 0 Å². The Kier molecular flexibility index (Phi) is 2.53. The molecule has 1 heteroatoms. The van der Waals surface area contributed by atoms with Crippen LogP contribution in [0.3, 0.4) is 0 Å². The molecule has 1 aliphatic rings. The van der Waals surface area contributed by atoms with Gasteiger partial charge in [-0.05, 0) is 25.8 Å². The van der Waals surface area contributed by atoms with Gasteiger partial charge in [-0.15, -0.1) is 0 Å². The monoisotopic (exact) mass is 149 g/mol. The molecule has 0 aromatic heterocycles. The Morgan fingerprint density at radius 2 is 2.27 bits per heavy atom. The highest BCUT2D eigenvalue weighted by atomic mass is 15.1. The van der Waals surface area contributed by atoms with Gasteiger partial charge in [-0.3, -0.25) is 0 Å². The molecule has 0 fully saturated rings. The standard InChI is InChI=1S/C10H15N/c1-9(2)11(3)10-7-5-4-6-8-10/h5,7-8H,1,4,6H2,2-3H3. The number of rotatable bonds is 2. The first-order valence-corrected chi connectivity index (χ1v) is 3.98. The average molecular weight is 149 g/mol. The first-order valence-electron chi connectivity index (χ1n) is 3.98. The Labute approximate surface area is 68.7 Å². The minimum Gasteiger partial charge on any atom is -0.349 e. The molecule has 60 valence electrons. The van der Waals surface area contributed by atoms with Crippen LogP contribution < -0.4 is 0 Å². The minimum absolute atomic E-state index is 1.09. The molecule has 1 aliphatic carbocycles. The van der Waals surface area contributed by atoms with Crippen LogP contribution in [-0.4, -0.2) is 11.9 Å². The van der Waals surface area contributed by atoms with Gasteiger partial charge in [-0.2, -0.15) is 0 Å². The van der Waals surface area contributed by atoms with Gasteiger partial charge in [0.2, 0.25) is 0 Å². The van der Waals surface area contributed by atoms with E-state index in [1.807, 2.05) is 14.0 Å². The molecule has 0 saturated heterocycles. The van der Waals surface area contributed by atoms with Crippen LogP contribution in [0.15, 0.2) is 36.2 Å². The number of nitrogens with zero attached hydrogens (tertiary/aromatic N) is 1. The number of hydrogen-bond donors (Lipinski definition) is 0. The van der Waals surface area contributed by atoms with Crippen molar-refractivity contribution in [1.82, 2.24) is 4.90 Å². The second-order valence-corrected chi connectivity index (χ2v) is 2.90. The Balaban J connectivity index is 2.66. The van der Waals surface area contributed by atoms with Crippen molar-refractivity contribution in [1.29, 1.82) is 0 Å². The molecule has 0 heterocycles. The third kappa shape index (κ3) is 1.97. The van der Waals surface area contributed by atoms with Gasteiger partial charge in [0.1, 0.15) is 0 Å². The zero-order valence-corrected chi connectivity index (χ0v) is 7.30. The van der Waals surface area contributed by atoms with Crippen molar-refractivity contribution in [2.24, 2.45) is 0 Å². The van der Waals surface area contributed by atoms with Crippen molar-refractivity contribution in [3.05, 3.63) is 36.2 Å². The lowest BCUT2D eigenvalue weighted by Gasteiger charge is -2.21. The van der Waals surface area contributed by atoms with Crippen LogP contribution in [0.25, 0.3) is 0 Å². The first-order chi connectivity index (χ1) is 5.22. The molecule has 0 unspecified atom stereocenters. The second kappa shape index (κ2) is 3.42. The van der Waals surface area contributed by atoms with Crippen LogP contribution in [0, 0.1) is 0 Å². The maximum absolute atomic E-state index is 3.88. The van der Waals surface area contributed by atoms with E-state index in [0.29, 0.717) is 0 Å². The highest BCUT2D eigenvalue weighted by Crippen LogP contribution is 2.15. The third-order valence-corrected chi connectivity index (χ3v) is 1.94. The summed E-state index contributed by atoms with van der Waals surface area (Å²) in [4.78, 5) is 2.11. The van der Waals surface area contributed by atoms with Crippen molar-refractivity contribution in [3.63, 3.8) is 0 Å². The summed E-state index contributed by atoms with van der Waals surface area (Å²) in [5.74, 6) is 0. The normalized spacial score (nSPS) is 16.0. The average Bonchev–Trinajstić information content (AvgIpc) is 2.05. The molecule has 0 aliphatic heterocycles. The molecule has 1 rings (SSSR count). The van der Waals surface area contributed by atoms with Gasteiger partial charge in [0.25, 0.3) is 0 Å². The summed E-state index contributed by atoms with van der Waals surface area (Å²) in [5.41, 5.74) is 2.35. The van der Waals surface area contributed by atoms with E-state index in [2.05, 4.69) is 29.7 Å². The van der Waals surface area contributed by atoms with Crippen molar-refractivity contribution < 1.29 is 0 Å². The molecule has 0 N–H and O–H groups in total. The largest absolute Gasteiger partial charge is 0.349 e. The SMILES string of the molecule is C=C(C)N(C)C1=CCCC=C1. The van der Waals surface area contributed by atoms with Gasteiger partial charge in [0, 0.05) is 18.4 Å². The highest BCUT2D eigenvalue weighted by molar-refractivity contribution is 5.23. The topological polar surface area (TPSA) is 3.24 Å². The van der Waals surface area contributed by atoms with Gasteiger partial charge in [0.05, 0.1) is 0 Å². The van der Waals surface area contributed by atoms with Gasteiger partial charge < -0.3 is 4.90 Å². The van der Waals surface area contributed by atoms with Crippen molar-refractivity contribution in [2.45, 2.75) is 19.8 Å². The lowest BCUT2D eigenvalue weighted by Crippen LogP contribution is -2.13. The summed E-state index contributed by atoms with van der Waals surface area (Å²) >= 11 is 0. The fourth-order valence-electron chi connectivity index (χ4n) is 1.07. The highest BCUT2D eigenvalue weighted by Gasteiger charge is 2.02. The van der Waals surface area contributed by atoms with Gasteiger partial charge in [0.15, 0.2) is 0 Å². The summed E-state index contributed by atoms with van der Waals surface area (Å²) in [5, 5.41) is 0. The summed E-state index contributed by atoms with van der Waals surface area (Å²) in [6.07, 6.45) is 8.93. The van der Waals surface area contributed by atoms with Crippen molar-refractivity contribution in [2.75, 3.05) is 7.05 Å². The number of hydrogen-bond acceptors (Lipinski definition) is 1. The Morgan fingerprint density at radius 1 is 1.55 bits per heavy atom. The van der Waals surface area contributed by atoms with Gasteiger partial charge in [-0.1, -0.05) is 18.7 Å². The molecule has 0 aromatic rings. The van der Waals surface area contributed by atoms with Crippen LogP contribution in [0.1, 0.15) is 19.8 Å². The summed E-state index contributed by atoms with van der Waals surface area (Å²) in [7, 11) is 2.05. The molecule has 0 aromatic carbocycles. The molecule has 0 saturated carbocycles.